The lowest BCUT2D eigenvalue weighted by Gasteiger charge is -2.32. The Labute approximate surface area is 152 Å². The molecule has 1 aromatic rings. The van der Waals surface area contributed by atoms with E-state index in [9.17, 15) is 0 Å². The molecule has 0 aliphatic rings. The Morgan fingerprint density at radius 1 is 0.750 bits per heavy atom. The lowest BCUT2D eigenvalue weighted by molar-refractivity contribution is 0.203. The van der Waals surface area contributed by atoms with E-state index in [0.717, 1.165) is 17.8 Å². The van der Waals surface area contributed by atoms with Gasteiger partial charge in [-0.3, -0.25) is 0 Å². The molecule has 0 aliphatic heterocycles. The molecule has 0 bridgehead atoms. The first-order chi connectivity index (χ1) is 11.2. The lowest BCUT2D eigenvalue weighted by atomic mass is 9.73. The lowest BCUT2D eigenvalue weighted by Crippen LogP contribution is -2.24. The first kappa shape index (κ1) is 21.3. The standard InChI is InChI=1S/C24H42/c1-19(2)11-9-8-10-12-21-13-15-22(16-14-21)18-23(17-20(3)4)24(5,6)7/h13-16,19-20,23H,8-12,17-18H2,1-7H3. The number of rotatable bonds is 10. The topological polar surface area (TPSA) is 0 Å². The fourth-order valence-corrected chi connectivity index (χ4v) is 3.50. The second-order valence-corrected chi connectivity index (χ2v) is 9.71. The van der Waals surface area contributed by atoms with Crippen LogP contribution >= 0.6 is 0 Å². The van der Waals surface area contributed by atoms with Crippen molar-refractivity contribution < 1.29 is 0 Å². The molecule has 0 nitrogen and oxygen atoms in total. The first-order valence-corrected chi connectivity index (χ1v) is 10.3. The molecule has 0 amide bonds. The van der Waals surface area contributed by atoms with Crippen LogP contribution in [-0.4, -0.2) is 0 Å². The normalized spacial score (nSPS) is 13.7. The number of hydrogen-bond donors (Lipinski definition) is 0. The van der Waals surface area contributed by atoms with Crippen LogP contribution in [0, 0.1) is 23.2 Å². The van der Waals surface area contributed by atoms with Gasteiger partial charge >= 0.3 is 0 Å². The highest BCUT2D eigenvalue weighted by atomic mass is 14.3. The van der Waals surface area contributed by atoms with Crippen LogP contribution in [0.25, 0.3) is 0 Å². The van der Waals surface area contributed by atoms with Crippen LogP contribution in [0.4, 0.5) is 0 Å². The summed E-state index contributed by atoms with van der Waals surface area (Å²) >= 11 is 0. The molecule has 0 N–H and O–H groups in total. The molecular weight excluding hydrogens is 288 g/mol. The van der Waals surface area contributed by atoms with Gasteiger partial charge in [-0.2, -0.15) is 0 Å². The van der Waals surface area contributed by atoms with Crippen molar-refractivity contribution in [1.29, 1.82) is 0 Å². The van der Waals surface area contributed by atoms with Gasteiger partial charge in [-0.05, 0) is 60.0 Å². The van der Waals surface area contributed by atoms with E-state index < -0.39 is 0 Å². The molecule has 0 spiro atoms. The van der Waals surface area contributed by atoms with Crippen LogP contribution in [0.5, 0.6) is 0 Å². The van der Waals surface area contributed by atoms with Gasteiger partial charge in [-0.1, -0.05) is 92.0 Å². The second-order valence-electron chi connectivity index (χ2n) is 9.71. The molecule has 24 heavy (non-hydrogen) atoms. The van der Waals surface area contributed by atoms with Gasteiger partial charge in [0.1, 0.15) is 0 Å². The highest BCUT2D eigenvalue weighted by Crippen LogP contribution is 2.34. The van der Waals surface area contributed by atoms with Crippen molar-refractivity contribution in [2.45, 2.75) is 93.4 Å². The fraction of sp³-hybridized carbons (Fsp3) is 0.750. The maximum atomic E-state index is 2.39. The van der Waals surface area contributed by atoms with Crippen LogP contribution in [0.1, 0.15) is 91.7 Å². The van der Waals surface area contributed by atoms with Gasteiger partial charge < -0.3 is 0 Å². The molecule has 0 aliphatic carbocycles. The third kappa shape index (κ3) is 8.90. The van der Waals surface area contributed by atoms with Crippen molar-refractivity contribution in [2.75, 3.05) is 0 Å². The smallest absolute Gasteiger partial charge is 0.0245 e. The predicted molar refractivity (Wildman–Crippen MR) is 110 cm³/mol. The summed E-state index contributed by atoms with van der Waals surface area (Å²) in [6, 6.07) is 9.49. The zero-order valence-electron chi connectivity index (χ0n) is 17.5. The summed E-state index contributed by atoms with van der Waals surface area (Å²) in [6.07, 6.45) is 9.26. The van der Waals surface area contributed by atoms with Gasteiger partial charge in [0.2, 0.25) is 0 Å². The molecule has 0 saturated carbocycles. The van der Waals surface area contributed by atoms with Crippen LogP contribution in [0.2, 0.25) is 0 Å². The monoisotopic (exact) mass is 330 g/mol. The molecule has 0 heteroatoms. The number of aryl methyl sites for hydroxylation is 1. The van der Waals surface area contributed by atoms with Crippen molar-refractivity contribution in [2.24, 2.45) is 23.2 Å². The van der Waals surface area contributed by atoms with E-state index in [0.29, 0.717) is 5.41 Å². The molecule has 0 heterocycles. The van der Waals surface area contributed by atoms with Gasteiger partial charge in [0.05, 0.1) is 0 Å². The molecule has 138 valence electrons. The largest absolute Gasteiger partial charge is 0.0628 e. The molecule has 1 unspecified atom stereocenters. The minimum atomic E-state index is 0.388. The van der Waals surface area contributed by atoms with Crippen LogP contribution in [0.3, 0.4) is 0 Å². The third-order valence-corrected chi connectivity index (χ3v) is 5.23. The van der Waals surface area contributed by atoms with E-state index in [1.54, 1.807) is 0 Å². The maximum absolute atomic E-state index is 2.39. The minimum absolute atomic E-state index is 0.388. The molecule has 0 saturated heterocycles. The second kappa shape index (κ2) is 10.3. The highest BCUT2D eigenvalue weighted by molar-refractivity contribution is 5.23. The van der Waals surface area contributed by atoms with Crippen LogP contribution in [0.15, 0.2) is 24.3 Å². The first-order valence-electron chi connectivity index (χ1n) is 10.3. The van der Waals surface area contributed by atoms with Crippen molar-refractivity contribution in [3.63, 3.8) is 0 Å². The fourth-order valence-electron chi connectivity index (χ4n) is 3.50. The SMILES string of the molecule is CC(C)CCCCCc1ccc(CC(CC(C)C)C(C)(C)C)cc1. The molecule has 1 aromatic carbocycles. The van der Waals surface area contributed by atoms with E-state index in [-0.39, 0.29) is 0 Å². The van der Waals surface area contributed by atoms with E-state index in [1.807, 2.05) is 0 Å². The Hall–Kier alpha value is -0.780. The zero-order valence-corrected chi connectivity index (χ0v) is 17.5. The Morgan fingerprint density at radius 2 is 1.33 bits per heavy atom. The molecular formula is C24H42. The van der Waals surface area contributed by atoms with Crippen LogP contribution < -0.4 is 0 Å². The summed E-state index contributed by atoms with van der Waals surface area (Å²) in [4.78, 5) is 0. The predicted octanol–water partition coefficient (Wildman–Crippen LogP) is 7.70. The summed E-state index contributed by atoms with van der Waals surface area (Å²) in [5.41, 5.74) is 3.41. The van der Waals surface area contributed by atoms with E-state index in [4.69, 9.17) is 0 Å². The molecule has 0 fully saturated rings. The van der Waals surface area contributed by atoms with E-state index >= 15 is 0 Å². The molecule has 0 aromatic heterocycles. The highest BCUT2D eigenvalue weighted by Gasteiger charge is 2.25. The van der Waals surface area contributed by atoms with Gasteiger partial charge in [0.25, 0.3) is 0 Å². The zero-order chi connectivity index (χ0) is 18.2. The summed E-state index contributed by atoms with van der Waals surface area (Å²) < 4.78 is 0. The third-order valence-electron chi connectivity index (χ3n) is 5.23. The maximum Gasteiger partial charge on any atom is -0.0245 e. The summed E-state index contributed by atoms with van der Waals surface area (Å²) in [5, 5.41) is 0. The Balaban J connectivity index is 2.48. The summed E-state index contributed by atoms with van der Waals surface area (Å²) in [6.45, 7) is 16.5. The van der Waals surface area contributed by atoms with Crippen molar-refractivity contribution in [3.05, 3.63) is 35.4 Å². The van der Waals surface area contributed by atoms with E-state index in [2.05, 4.69) is 72.7 Å². The molecule has 1 rings (SSSR count). The quantitative estimate of drug-likeness (QED) is 0.386. The van der Waals surface area contributed by atoms with Crippen molar-refractivity contribution in [3.8, 4) is 0 Å². The molecule has 1 atom stereocenters. The molecule has 0 radical (unpaired) electrons. The minimum Gasteiger partial charge on any atom is -0.0628 e. The summed E-state index contributed by atoms with van der Waals surface area (Å²) in [7, 11) is 0. The number of hydrogen-bond acceptors (Lipinski definition) is 0. The van der Waals surface area contributed by atoms with Crippen molar-refractivity contribution in [1.82, 2.24) is 0 Å². The van der Waals surface area contributed by atoms with Gasteiger partial charge in [0.15, 0.2) is 0 Å². The van der Waals surface area contributed by atoms with Gasteiger partial charge in [0, 0.05) is 0 Å². The Morgan fingerprint density at radius 3 is 1.83 bits per heavy atom. The van der Waals surface area contributed by atoms with Crippen LogP contribution in [-0.2, 0) is 12.8 Å². The van der Waals surface area contributed by atoms with Gasteiger partial charge in [-0.25, -0.2) is 0 Å². The number of benzene rings is 1. The Bertz CT molecular complexity index is 430. The van der Waals surface area contributed by atoms with E-state index in [1.165, 1.54) is 56.1 Å². The average Bonchev–Trinajstić information content (AvgIpc) is 2.46. The van der Waals surface area contributed by atoms with Gasteiger partial charge in [-0.15, -0.1) is 0 Å². The number of unbranched alkanes of at least 4 members (excludes halogenated alkanes) is 2. The Kier molecular flexibility index (Phi) is 9.09. The average molecular weight is 331 g/mol. The summed E-state index contributed by atoms with van der Waals surface area (Å²) in [5.74, 6) is 2.39. The van der Waals surface area contributed by atoms with Crippen molar-refractivity contribution >= 4 is 0 Å².